The van der Waals surface area contributed by atoms with Crippen LogP contribution in [0, 0.1) is 0 Å². The molecule has 0 heterocycles. The molecular weight excluding hydrogens is 216 g/mol. The van der Waals surface area contributed by atoms with Crippen LogP contribution >= 0.6 is 0 Å². The molecule has 0 spiro atoms. The smallest absolute Gasteiger partial charge is 0.00995 e. The molecule has 0 aliphatic heterocycles. The van der Waals surface area contributed by atoms with Crippen LogP contribution in [0.4, 0.5) is 0 Å². The van der Waals surface area contributed by atoms with Crippen LogP contribution in [0.5, 0.6) is 0 Å². The fraction of sp³-hybridized carbons (Fsp3) is 0. The normalized spacial score (nSPS) is 11.3. The van der Waals surface area contributed by atoms with Gasteiger partial charge in [-0.3, -0.25) is 0 Å². The van der Waals surface area contributed by atoms with E-state index in [4.69, 9.17) is 0 Å². The van der Waals surface area contributed by atoms with Crippen molar-refractivity contribution in [2.75, 3.05) is 0 Å². The standard InChI is InChI=1S/C18H14/c1-2-3-6-14-9-10-16-12-11-15-7-4-5-8-17(15)18(16)13-14/h2-13H,1H2/b6-3-. The van der Waals surface area contributed by atoms with Crippen molar-refractivity contribution in [3.05, 3.63) is 78.9 Å². The van der Waals surface area contributed by atoms with Gasteiger partial charge in [0.25, 0.3) is 0 Å². The Morgan fingerprint density at radius 1 is 0.778 bits per heavy atom. The van der Waals surface area contributed by atoms with Gasteiger partial charge in [-0.25, -0.2) is 0 Å². The summed E-state index contributed by atoms with van der Waals surface area (Å²) >= 11 is 0. The summed E-state index contributed by atoms with van der Waals surface area (Å²) in [6.45, 7) is 3.70. The first kappa shape index (κ1) is 10.8. The predicted octanol–water partition coefficient (Wildman–Crippen LogP) is 5.19. The third kappa shape index (κ3) is 1.82. The van der Waals surface area contributed by atoms with Gasteiger partial charge in [0, 0.05) is 0 Å². The summed E-state index contributed by atoms with van der Waals surface area (Å²) in [4.78, 5) is 0. The summed E-state index contributed by atoms with van der Waals surface area (Å²) in [6, 6.07) is 19.4. The molecule has 3 aromatic rings. The van der Waals surface area contributed by atoms with Crippen LogP contribution < -0.4 is 0 Å². The van der Waals surface area contributed by atoms with E-state index in [-0.39, 0.29) is 0 Å². The second-order valence-electron chi connectivity index (χ2n) is 4.36. The van der Waals surface area contributed by atoms with Crippen molar-refractivity contribution >= 4 is 27.6 Å². The van der Waals surface area contributed by atoms with Gasteiger partial charge in [0.2, 0.25) is 0 Å². The lowest BCUT2D eigenvalue weighted by Gasteiger charge is -2.04. The van der Waals surface area contributed by atoms with Crippen molar-refractivity contribution in [2.24, 2.45) is 0 Å². The fourth-order valence-corrected chi connectivity index (χ4v) is 2.30. The highest BCUT2D eigenvalue weighted by Gasteiger charge is 2.00. The lowest BCUT2D eigenvalue weighted by molar-refractivity contribution is 1.72. The van der Waals surface area contributed by atoms with Crippen LogP contribution in [0.3, 0.4) is 0 Å². The Morgan fingerprint density at radius 2 is 1.50 bits per heavy atom. The Labute approximate surface area is 107 Å². The van der Waals surface area contributed by atoms with Gasteiger partial charge >= 0.3 is 0 Å². The van der Waals surface area contributed by atoms with Crippen molar-refractivity contribution in [3.63, 3.8) is 0 Å². The molecule has 0 fully saturated rings. The lowest BCUT2D eigenvalue weighted by Crippen LogP contribution is -1.79. The topological polar surface area (TPSA) is 0 Å². The maximum atomic E-state index is 3.70. The van der Waals surface area contributed by atoms with Gasteiger partial charge in [0.1, 0.15) is 0 Å². The maximum absolute atomic E-state index is 3.70. The van der Waals surface area contributed by atoms with E-state index in [0.717, 1.165) is 0 Å². The molecule has 0 unspecified atom stereocenters. The number of allylic oxidation sites excluding steroid dienone is 2. The summed E-state index contributed by atoms with van der Waals surface area (Å²) in [5, 5.41) is 5.18. The molecule has 0 aliphatic carbocycles. The van der Waals surface area contributed by atoms with Crippen molar-refractivity contribution in [1.29, 1.82) is 0 Å². The zero-order chi connectivity index (χ0) is 12.4. The fourth-order valence-electron chi connectivity index (χ4n) is 2.30. The quantitative estimate of drug-likeness (QED) is 0.419. The third-order valence-corrected chi connectivity index (χ3v) is 3.20. The molecule has 18 heavy (non-hydrogen) atoms. The molecule has 86 valence electrons. The molecule has 0 saturated carbocycles. The number of benzene rings is 3. The zero-order valence-corrected chi connectivity index (χ0v) is 10.1. The van der Waals surface area contributed by atoms with E-state index >= 15 is 0 Å². The summed E-state index contributed by atoms with van der Waals surface area (Å²) in [7, 11) is 0. The molecule has 0 saturated heterocycles. The van der Waals surface area contributed by atoms with E-state index in [9.17, 15) is 0 Å². The Balaban J connectivity index is 2.33. The van der Waals surface area contributed by atoms with Crippen molar-refractivity contribution < 1.29 is 0 Å². The van der Waals surface area contributed by atoms with Crippen LogP contribution in [-0.2, 0) is 0 Å². The molecule has 0 nitrogen and oxygen atoms in total. The third-order valence-electron chi connectivity index (χ3n) is 3.20. The Hall–Kier alpha value is -2.34. The Bertz CT molecular complexity index is 748. The molecule has 0 heteroatoms. The highest BCUT2D eigenvalue weighted by atomic mass is 14.0. The second kappa shape index (κ2) is 4.50. The van der Waals surface area contributed by atoms with Crippen LogP contribution in [0.25, 0.3) is 27.6 Å². The molecule has 0 bridgehead atoms. The zero-order valence-electron chi connectivity index (χ0n) is 10.1. The van der Waals surface area contributed by atoms with E-state index in [1.54, 1.807) is 6.08 Å². The van der Waals surface area contributed by atoms with Gasteiger partial charge < -0.3 is 0 Å². The second-order valence-corrected chi connectivity index (χ2v) is 4.36. The minimum absolute atomic E-state index is 1.21. The molecule has 0 aliphatic rings. The minimum atomic E-state index is 1.21. The highest BCUT2D eigenvalue weighted by molar-refractivity contribution is 6.07. The van der Waals surface area contributed by atoms with Crippen LogP contribution in [-0.4, -0.2) is 0 Å². The van der Waals surface area contributed by atoms with Gasteiger partial charge in [-0.1, -0.05) is 73.3 Å². The first-order chi connectivity index (χ1) is 8.88. The molecule has 0 atom stereocenters. The van der Waals surface area contributed by atoms with Crippen molar-refractivity contribution in [1.82, 2.24) is 0 Å². The van der Waals surface area contributed by atoms with Crippen LogP contribution in [0.2, 0.25) is 0 Å². The number of fused-ring (bicyclic) bond motifs is 3. The number of hydrogen-bond donors (Lipinski definition) is 0. The molecule has 0 amide bonds. The summed E-state index contributed by atoms with van der Waals surface area (Å²) in [5.41, 5.74) is 1.21. The van der Waals surface area contributed by atoms with Gasteiger partial charge in [-0.15, -0.1) is 0 Å². The molecular formula is C18H14. The van der Waals surface area contributed by atoms with Crippen LogP contribution in [0.15, 0.2) is 73.3 Å². The van der Waals surface area contributed by atoms with Crippen LogP contribution in [0.1, 0.15) is 5.56 Å². The Morgan fingerprint density at radius 3 is 2.33 bits per heavy atom. The summed E-state index contributed by atoms with van der Waals surface area (Å²) in [5.74, 6) is 0. The van der Waals surface area contributed by atoms with Crippen molar-refractivity contribution in [2.45, 2.75) is 0 Å². The van der Waals surface area contributed by atoms with E-state index in [0.29, 0.717) is 0 Å². The molecule has 0 radical (unpaired) electrons. The lowest BCUT2D eigenvalue weighted by atomic mass is 10.00. The number of rotatable bonds is 2. The summed E-state index contributed by atoms with van der Waals surface area (Å²) < 4.78 is 0. The summed E-state index contributed by atoms with van der Waals surface area (Å²) in [6.07, 6.45) is 5.84. The molecule has 3 aromatic carbocycles. The van der Waals surface area contributed by atoms with E-state index in [2.05, 4.69) is 67.3 Å². The van der Waals surface area contributed by atoms with E-state index in [1.165, 1.54) is 27.1 Å². The molecule has 0 aromatic heterocycles. The average Bonchev–Trinajstić information content (AvgIpc) is 2.45. The van der Waals surface area contributed by atoms with Gasteiger partial charge in [-0.2, -0.15) is 0 Å². The average molecular weight is 230 g/mol. The molecule has 0 N–H and O–H groups in total. The van der Waals surface area contributed by atoms with Gasteiger partial charge in [-0.05, 0) is 33.2 Å². The maximum Gasteiger partial charge on any atom is -0.00995 e. The highest BCUT2D eigenvalue weighted by Crippen LogP contribution is 2.26. The predicted molar refractivity (Wildman–Crippen MR) is 80.7 cm³/mol. The molecule has 3 rings (SSSR count). The monoisotopic (exact) mass is 230 g/mol. The SMILES string of the molecule is C=C/C=C\c1ccc2ccc3ccccc3c2c1. The first-order valence-electron chi connectivity index (χ1n) is 6.09. The van der Waals surface area contributed by atoms with E-state index in [1.807, 2.05) is 6.08 Å². The minimum Gasteiger partial charge on any atom is -0.0991 e. The first-order valence-corrected chi connectivity index (χ1v) is 6.09. The largest absolute Gasteiger partial charge is 0.0991 e. The Kier molecular flexibility index (Phi) is 2.70. The van der Waals surface area contributed by atoms with E-state index < -0.39 is 0 Å². The number of hydrogen-bond acceptors (Lipinski definition) is 0. The van der Waals surface area contributed by atoms with Crippen molar-refractivity contribution in [3.8, 4) is 0 Å². The van der Waals surface area contributed by atoms with Gasteiger partial charge in [0.05, 0.1) is 0 Å². The van der Waals surface area contributed by atoms with Gasteiger partial charge in [0.15, 0.2) is 0 Å².